The van der Waals surface area contributed by atoms with Gasteiger partial charge in [-0.2, -0.15) is 0 Å². The minimum atomic E-state index is 1.18. The van der Waals surface area contributed by atoms with Crippen LogP contribution in [0.1, 0.15) is 50.7 Å². The first-order valence-electron chi connectivity index (χ1n) is 7.24. The summed E-state index contributed by atoms with van der Waals surface area (Å²) >= 11 is 0. The lowest BCUT2D eigenvalue weighted by Gasteiger charge is -2.09. The Kier molecular flexibility index (Phi) is 4.59. The van der Waals surface area contributed by atoms with Crippen LogP contribution in [0.5, 0.6) is 0 Å². The number of hydrogen-bond donors (Lipinski definition) is 0. The van der Waals surface area contributed by atoms with Gasteiger partial charge in [0, 0.05) is 10.2 Å². The molecule has 0 saturated heterocycles. The molecule has 0 aliphatic heterocycles. The Labute approximate surface area is 114 Å². The van der Waals surface area contributed by atoms with Crippen LogP contribution in [0.2, 0.25) is 0 Å². The molecule has 18 heavy (non-hydrogen) atoms. The smallest absolute Gasteiger partial charge is 0.0341 e. The van der Waals surface area contributed by atoms with Crippen molar-refractivity contribution >= 4 is 15.8 Å². The minimum absolute atomic E-state index is 1.18. The molecule has 0 atom stereocenters. The number of unbranched alkanes of at least 4 members (excludes halogenated alkanes) is 1. The van der Waals surface area contributed by atoms with Gasteiger partial charge >= 0.3 is 0 Å². The van der Waals surface area contributed by atoms with Crippen molar-refractivity contribution in [2.75, 3.05) is 0 Å². The van der Waals surface area contributed by atoms with Gasteiger partial charge in [-0.15, -0.1) is 0 Å². The Bertz CT molecular complexity index is 463. The highest BCUT2D eigenvalue weighted by Gasteiger charge is 2.14. The van der Waals surface area contributed by atoms with Crippen molar-refractivity contribution in [3.8, 4) is 0 Å². The highest BCUT2D eigenvalue weighted by atomic mass is 28.1. The maximum Gasteiger partial charge on any atom is 0.0341 e. The van der Waals surface area contributed by atoms with Gasteiger partial charge in [-0.1, -0.05) is 55.8 Å². The second-order valence-electron chi connectivity index (χ2n) is 5.23. The molecule has 1 heteroatoms. The van der Waals surface area contributed by atoms with Crippen molar-refractivity contribution in [2.45, 2.75) is 46.0 Å². The van der Waals surface area contributed by atoms with E-state index in [0.717, 1.165) is 0 Å². The molecule has 0 nitrogen and oxygen atoms in total. The summed E-state index contributed by atoms with van der Waals surface area (Å²) in [5.74, 6) is 0. The van der Waals surface area contributed by atoms with Crippen molar-refractivity contribution in [1.29, 1.82) is 0 Å². The second kappa shape index (κ2) is 6.19. The molecular weight excluding hydrogens is 232 g/mol. The summed E-state index contributed by atoms with van der Waals surface area (Å²) in [5, 5.41) is 1.68. The zero-order valence-corrected chi connectivity index (χ0v) is 13.9. The molecule has 0 amide bonds. The molecule has 1 aromatic carbocycles. The van der Waals surface area contributed by atoms with E-state index in [1.807, 2.05) is 0 Å². The van der Waals surface area contributed by atoms with Crippen LogP contribution in [0.4, 0.5) is 0 Å². The van der Waals surface area contributed by atoms with Gasteiger partial charge in [0.05, 0.1) is 0 Å². The molecule has 1 aliphatic carbocycles. The summed E-state index contributed by atoms with van der Waals surface area (Å²) in [6, 6.07) is 9.24. The predicted molar refractivity (Wildman–Crippen MR) is 84.9 cm³/mol. The average molecular weight is 256 g/mol. The summed E-state index contributed by atoms with van der Waals surface area (Å²) in [6.07, 6.45) is 8.59. The monoisotopic (exact) mass is 256 g/mol. The quantitative estimate of drug-likeness (QED) is 0.702. The standard InChI is InChI=1S/C17H24Si/c1-3-5-6-13-7-9-14(10-8-13)16-11-12-17(18)15(16)4-2/h7-11H,3-6,12H2,1-2,18H3. The van der Waals surface area contributed by atoms with E-state index in [-0.39, 0.29) is 0 Å². The van der Waals surface area contributed by atoms with Crippen LogP contribution in [0.15, 0.2) is 41.1 Å². The van der Waals surface area contributed by atoms with Gasteiger partial charge in [0.2, 0.25) is 0 Å². The lowest BCUT2D eigenvalue weighted by molar-refractivity contribution is 0.795. The van der Waals surface area contributed by atoms with Crippen LogP contribution < -0.4 is 0 Å². The first-order chi connectivity index (χ1) is 8.76. The lowest BCUT2D eigenvalue weighted by atomic mass is 9.97. The molecule has 0 fully saturated rings. The fraction of sp³-hybridized carbons (Fsp3) is 0.412. The fourth-order valence-electron chi connectivity index (χ4n) is 2.75. The fourth-order valence-corrected chi connectivity index (χ4v) is 3.57. The van der Waals surface area contributed by atoms with Crippen LogP contribution in [-0.4, -0.2) is 10.2 Å². The van der Waals surface area contributed by atoms with Gasteiger partial charge in [-0.05, 0) is 48.0 Å². The van der Waals surface area contributed by atoms with E-state index in [4.69, 9.17) is 0 Å². The molecule has 0 radical (unpaired) electrons. The molecule has 2 rings (SSSR count). The molecule has 0 spiro atoms. The molecule has 0 aromatic heterocycles. The SMILES string of the molecule is CCCCc1ccc(C2=CCC([SiH3])=C2CC)cc1. The zero-order chi connectivity index (χ0) is 13.0. The van der Waals surface area contributed by atoms with Crippen LogP contribution in [-0.2, 0) is 6.42 Å². The van der Waals surface area contributed by atoms with Crippen molar-refractivity contribution in [3.63, 3.8) is 0 Å². The molecule has 0 heterocycles. The van der Waals surface area contributed by atoms with Crippen LogP contribution in [0, 0.1) is 0 Å². The van der Waals surface area contributed by atoms with E-state index >= 15 is 0 Å². The number of allylic oxidation sites excluding steroid dienone is 4. The van der Waals surface area contributed by atoms with E-state index in [0.29, 0.717) is 0 Å². The number of hydrogen-bond acceptors (Lipinski definition) is 0. The van der Waals surface area contributed by atoms with Gasteiger partial charge in [0.25, 0.3) is 0 Å². The van der Waals surface area contributed by atoms with Gasteiger partial charge < -0.3 is 0 Å². The van der Waals surface area contributed by atoms with Gasteiger partial charge in [-0.3, -0.25) is 0 Å². The highest BCUT2D eigenvalue weighted by Crippen LogP contribution is 2.34. The molecule has 0 saturated carbocycles. The number of rotatable bonds is 5. The van der Waals surface area contributed by atoms with E-state index in [1.54, 1.807) is 10.8 Å². The number of benzene rings is 1. The van der Waals surface area contributed by atoms with Crippen LogP contribution in [0.3, 0.4) is 0 Å². The first-order valence-corrected chi connectivity index (χ1v) is 8.24. The van der Waals surface area contributed by atoms with Crippen LogP contribution in [0.25, 0.3) is 5.57 Å². The average Bonchev–Trinajstić information content (AvgIpc) is 2.78. The van der Waals surface area contributed by atoms with Gasteiger partial charge in [0.1, 0.15) is 0 Å². The summed E-state index contributed by atoms with van der Waals surface area (Å²) in [5.41, 5.74) is 6.01. The van der Waals surface area contributed by atoms with Gasteiger partial charge in [0.15, 0.2) is 0 Å². The molecule has 1 aromatic rings. The predicted octanol–water partition coefficient (Wildman–Crippen LogP) is 3.85. The van der Waals surface area contributed by atoms with E-state index in [1.165, 1.54) is 59.0 Å². The Morgan fingerprint density at radius 3 is 2.44 bits per heavy atom. The van der Waals surface area contributed by atoms with E-state index in [2.05, 4.69) is 44.2 Å². The normalized spacial score (nSPS) is 15.3. The first kappa shape index (κ1) is 13.4. The van der Waals surface area contributed by atoms with E-state index < -0.39 is 0 Å². The lowest BCUT2D eigenvalue weighted by Crippen LogP contribution is -1.90. The van der Waals surface area contributed by atoms with Gasteiger partial charge in [-0.25, -0.2) is 0 Å². The van der Waals surface area contributed by atoms with Crippen LogP contribution >= 0.6 is 0 Å². The van der Waals surface area contributed by atoms with Crippen molar-refractivity contribution in [2.24, 2.45) is 0 Å². The molecule has 0 unspecified atom stereocenters. The number of aryl methyl sites for hydroxylation is 1. The third-order valence-electron chi connectivity index (χ3n) is 3.89. The Morgan fingerprint density at radius 2 is 1.83 bits per heavy atom. The molecular formula is C17H24Si. The molecule has 0 bridgehead atoms. The Hall–Kier alpha value is -1.08. The maximum absolute atomic E-state index is 2.42. The summed E-state index contributed by atoms with van der Waals surface area (Å²) in [7, 11) is 1.21. The third kappa shape index (κ3) is 2.84. The van der Waals surface area contributed by atoms with Crippen molar-refractivity contribution < 1.29 is 0 Å². The summed E-state index contributed by atoms with van der Waals surface area (Å²) < 4.78 is 0. The Morgan fingerprint density at radius 1 is 1.11 bits per heavy atom. The highest BCUT2D eigenvalue weighted by molar-refractivity contribution is 6.24. The Balaban J connectivity index is 2.16. The van der Waals surface area contributed by atoms with E-state index in [9.17, 15) is 0 Å². The molecule has 1 aliphatic rings. The topological polar surface area (TPSA) is 0 Å². The maximum atomic E-state index is 2.42. The van der Waals surface area contributed by atoms with Crippen molar-refractivity contribution in [1.82, 2.24) is 0 Å². The third-order valence-corrected chi connectivity index (χ3v) is 4.90. The summed E-state index contributed by atoms with van der Waals surface area (Å²) in [4.78, 5) is 0. The van der Waals surface area contributed by atoms with Crippen molar-refractivity contribution in [3.05, 3.63) is 52.2 Å². The molecule has 0 N–H and O–H groups in total. The largest absolute Gasteiger partial charge is 0.0843 e. The second-order valence-corrected chi connectivity index (χ2v) is 6.44. The zero-order valence-electron chi connectivity index (χ0n) is 11.9. The minimum Gasteiger partial charge on any atom is -0.0843 e. The molecule has 96 valence electrons. The summed E-state index contributed by atoms with van der Waals surface area (Å²) in [6.45, 7) is 4.53.